The van der Waals surface area contributed by atoms with Crippen molar-refractivity contribution in [1.29, 1.82) is 0 Å². The summed E-state index contributed by atoms with van der Waals surface area (Å²) >= 11 is 0. The summed E-state index contributed by atoms with van der Waals surface area (Å²) < 4.78 is 0. The number of unbranched alkanes of at least 4 members (excludes halogenated alkanes) is 6. The molecule has 0 amide bonds. The van der Waals surface area contributed by atoms with Crippen LogP contribution in [0.15, 0.2) is 5.34 Å². The molecule has 0 atom stereocenters. The van der Waals surface area contributed by atoms with Gasteiger partial charge in [0, 0.05) is 0 Å². The van der Waals surface area contributed by atoms with E-state index in [1.807, 2.05) is 0 Å². The van der Waals surface area contributed by atoms with Gasteiger partial charge in [0.25, 0.3) is 0 Å². The van der Waals surface area contributed by atoms with Crippen LogP contribution >= 0.6 is 0 Å². The summed E-state index contributed by atoms with van der Waals surface area (Å²) in [5.41, 5.74) is 0. The van der Waals surface area contributed by atoms with E-state index in [-0.39, 0.29) is 0 Å². The van der Waals surface area contributed by atoms with Crippen LogP contribution in [0.5, 0.6) is 0 Å². The Kier molecular flexibility index (Phi) is 9.88. The molecule has 3 heteroatoms. The normalized spacial score (nSPS) is 9.75. The average Bonchev–Trinajstić information content (AvgIpc) is 2.10. The zero-order chi connectivity index (χ0) is 9.07. The highest BCUT2D eigenvalue weighted by atomic mass is 16.7. The Morgan fingerprint density at radius 3 is 2.17 bits per heavy atom. The lowest BCUT2D eigenvalue weighted by Gasteiger charge is -1.98. The van der Waals surface area contributed by atoms with Crippen LogP contribution in [0.3, 0.4) is 0 Å². The first kappa shape index (κ1) is 11.4. The second-order valence-electron chi connectivity index (χ2n) is 3.03. The molecule has 0 spiro atoms. The minimum absolute atomic E-state index is 0.483. The standard InChI is InChI=1S/C9H19NO2/c1-2-3-4-5-6-7-8-9-12-10-11/h2-9H2,1H3. The van der Waals surface area contributed by atoms with Gasteiger partial charge in [-0.25, -0.2) is 0 Å². The van der Waals surface area contributed by atoms with E-state index in [0.717, 1.165) is 12.8 Å². The average molecular weight is 173 g/mol. The molecule has 0 fully saturated rings. The van der Waals surface area contributed by atoms with Gasteiger partial charge in [0.2, 0.25) is 0 Å². The second-order valence-corrected chi connectivity index (χ2v) is 3.03. The van der Waals surface area contributed by atoms with Crippen molar-refractivity contribution in [3.05, 3.63) is 4.91 Å². The highest BCUT2D eigenvalue weighted by molar-refractivity contribution is 4.43. The molecule has 0 aliphatic carbocycles. The van der Waals surface area contributed by atoms with Crippen LogP contribution in [0.4, 0.5) is 0 Å². The van der Waals surface area contributed by atoms with Crippen LogP contribution in [0, 0.1) is 4.91 Å². The van der Waals surface area contributed by atoms with Crippen LogP contribution in [0.25, 0.3) is 0 Å². The van der Waals surface area contributed by atoms with Crippen LogP contribution in [-0.4, -0.2) is 6.61 Å². The molecule has 0 aliphatic rings. The fourth-order valence-corrected chi connectivity index (χ4v) is 1.16. The summed E-state index contributed by atoms with van der Waals surface area (Å²) in [7, 11) is 0. The first-order chi connectivity index (χ1) is 5.91. The molecule has 0 heterocycles. The predicted octanol–water partition coefficient (Wildman–Crippen LogP) is 3.44. The molecule has 0 saturated heterocycles. The molecule has 0 aromatic carbocycles. The first-order valence-electron chi connectivity index (χ1n) is 4.86. The van der Waals surface area contributed by atoms with Gasteiger partial charge < -0.3 is 4.84 Å². The summed E-state index contributed by atoms with van der Waals surface area (Å²) in [6, 6.07) is 0. The summed E-state index contributed by atoms with van der Waals surface area (Å²) in [6.45, 7) is 2.70. The lowest BCUT2D eigenvalue weighted by Crippen LogP contribution is -1.87. The monoisotopic (exact) mass is 173 g/mol. The van der Waals surface area contributed by atoms with Gasteiger partial charge in [-0.1, -0.05) is 39.0 Å². The van der Waals surface area contributed by atoms with Crippen molar-refractivity contribution in [3.63, 3.8) is 0 Å². The number of rotatable bonds is 9. The second kappa shape index (κ2) is 10.4. The Hall–Kier alpha value is -0.600. The van der Waals surface area contributed by atoms with Crippen molar-refractivity contribution < 1.29 is 4.84 Å². The SMILES string of the molecule is CCCCCCCCCON=O. The lowest BCUT2D eigenvalue weighted by molar-refractivity contribution is 0.135. The number of hydrogen-bond acceptors (Lipinski definition) is 3. The molecule has 72 valence electrons. The molecule has 0 aliphatic heterocycles. The van der Waals surface area contributed by atoms with Gasteiger partial charge in [-0.2, -0.15) is 0 Å². The maximum atomic E-state index is 9.51. The molecule has 0 aromatic heterocycles. The van der Waals surface area contributed by atoms with Crippen molar-refractivity contribution in [1.82, 2.24) is 0 Å². The first-order valence-corrected chi connectivity index (χ1v) is 4.86. The Balaban J connectivity index is 2.77. The Labute approximate surface area is 74.4 Å². The van der Waals surface area contributed by atoms with Crippen LogP contribution in [-0.2, 0) is 4.84 Å². The zero-order valence-corrected chi connectivity index (χ0v) is 7.92. The van der Waals surface area contributed by atoms with Crippen LogP contribution in [0.1, 0.15) is 51.9 Å². The maximum absolute atomic E-state index is 9.51. The van der Waals surface area contributed by atoms with Gasteiger partial charge in [-0.3, -0.25) is 0 Å². The molecule has 3 nitrogen and oxygen atoms in total. The molecule has 0 rings (SSSR count). The molecular formula is C9H19NO2. The fourth-order valence-electron chi connectivity index (χ4n) is 1.16. The van der Waals surface area contributed by atoms with Crippen LogP contribution in [0.2, 0.25) is 0 Å². The maximum Gasteiger partial charge on any atom is 0.155 e. The Bertz CT molecular complexity index is 96.5. The minimum atomic E-state index is 0.483. The van der Waals surface area contributed by atoms with E-state index in [1.54, 1.807) is 0 Å². The molecule has 0 aromatic rings. The largest absolute Gasteiger partial charge is 0.364 e. The van der Waals surface area contributed by atoms with Gasteiger partial charge in [-0.05, 0) is 12.8 Å². The van der Waals surface area contributed by atoms with E-state index in [9.17, 15) is 4.91 Å². The summed E-state index contributed by atoms with van der Waals surface area (Å²) in [5.74, 6) is 0. The fraction of sp³-hybridized carbons (Fsp3) is 1.00. The molecule has 0 saturated carbocycles. The van der Waals surface area contributed by atoms with Crippen molar-refractivity contribution in [2.45, 2.75) is 51.9 Å². The summed E-state index contributed by atoms with van der Waals surface area (Å²) in [6.07, 6.45) is 8.63. The van der Waals surface area contributed by atoms with Gasteiger partial charge in [0.1, 0.15) is 6.61 Å². The zero-order valence-electron chi connectivity index (χ0n) is 7.92. The molecule has 0 unspecified atom stereocenters. The van der Waals surface area contributed by atoms with E-state index >= 15 is 0 Å². The molecule has 0 N–H and O–H groups in total. The minimum Gasteiger partial charge on any atom is -0.364 e. The third-order valence-corrected chi connectivity index (χ3v) is 1.89. The Morgan fingerprint density at radius 1 is 1.00 bits per heavy atom. The predicted molar refractivity (Wildman–Crippen MR) is 49.7 cm³/mol. The van der Waals surface area contributed by atoms with Crippen molar-refractivity contribution in [3.8, 4) is 0 Å². The highest BCUT2D eigenvalue weighted by Crippen LogP contribution is 2.06. The van der Waals surface area contributed by atoms with Gasteiger partial charge >= 0.3 is 0 Å². The molecule has 0 radical (unpaired) electrons. The third kappa shape index (κ3) is 9.40. The van der Waals surface area contributed by atoms with Crippen molar-refractivity contribution >= 4 is 0 Å². The van der Waals surface area contributed by atoms with Crippen molar-refractivity contribution in [2.75, 3.05) is 6.61 Å². The topological polar surface area (TPSA) is 38.7 Å². The van der Waals surface area contributed by atoms with E-state index in [1.165, 1.54) is 32.1 Å². The molecule has 12 heavy (non-hydrogen) atoms. The van der Waals surface area contributed by atoms with E-state index in [2.05, 4.69) is 17.1 Å². The smallest absolute Gasteiger partial charge is 0.155 e. The lowest BCUT2D eigenvalue weighted by atomic mass is 10.1. The van der Waals surface area contributed by atoms with E-state index in [4.69, 9.17) is 0 Å². The highest BCUT2D eigenvalue weighted by Gasteiger charge is 1.90. The van der Waals surface area contributed by atoms with Gasteiger partial charge in [-0.15, -0.1) is 4.91 Å². The van der Waals surface area contributed by atoms with Crippen LogP contribution < -0.4 is 0 Å². The number of hydrogen-bond donors (Lipinski definition) is 0. The number of nitrogens with zero attached hydrogens (tertiary/aromatic N) is 1. The van der Waals surface area contributed by atoms with E-state index < -0.39 is 0 Å². The summed E-state index contributed by atoms with van der Waals surface area (Å²) in [5, 5.41) is 2.33. The van der Waals surface area contributed by atoms with Gasteiger partial charge in [0.05, 0.1) is 0 Å². The Morgan fingerprint density at radius 2 is 1.58 bits per heavy atom. The third-order valence-electron chi connectivity index (χ3n) is 1.89. The van der Waals surface area contributed by atoms with Gasteiger partial charge in [0.15, 0.2) is 5.34 Å². The van der Waals surface area contributed by atoms with Crippen molar-refractivity contribution in [2.24, 2.45) is 5.34 Å². The van der Waals surface area contributed by atoms with E-state index in [0.29, 0.717) is 6.61 Å². The quantitative estimate of drug-likeness (QED) is 0.304. The molecular weight excluding hydrogens is 154 g/mol. The molecule has 0 bridgehead atoms. The summed E-state index contributed by atoms with van der Waals surface area (Å²) in [4.78, 5) is 13.8.